The number of primary amides is 1. The monoisotopic (exact) mass is 407 g/mol. The maximum absolute atomic E-state index is 12.7. The Morgan fingerprint density at radius 1 is 1.32 bits per heavy atom. The molecule has 6 nitrogen and oxygen atoms in total. The number of hydrogen-bond donors (Lipinski definition) is 1. The lowest BCUT2D eigenvalue weighted by Gasteiger charge is -2.07. The summed E-state index contributed by atoms with van der Waals surface area (Å²) in [5, 5.41) is 0.585. The first-order valence-electron chi connectivity index (χ1n) is 8.84. The van der Waals surface area contributed by atoms with E-state index < -0.39 is 12.3 Å². The molecule has 1 aliphatic carbocycles. The van der Waals surface area contributed by atoms with E-state index in [0.717, 1.165) is 23.5 Å². The molecule has 0 bridgehead atoms. The molecule has 0 atom stereocenters. The molecular formula is C19H20ClF2N5O. The van der Waals surface area contributed by atoms with Gasteiger partial charge in [-0.05, 0) is 43.9 Å². The van der Waals surface area contributed by atoms with Crippen molar-refractivity contribution in [2.45, 2.75) is 39.2 Å². The average Bonchev–Trinajstić information content (AvgIpc) is 3.39. The number of carbonyl (C=O) groups is 1. The van der Waals surface area contributed by atoms with Crippen LogP contribution in [0.5, 0.6) is 0 Å². The van der Waals surface area contributed by atoms with Gasteiger partial charge in [0.15, 0.2) is 0 Å². The number of aryl methyl sites for hydroxylation is 1. The zero-order valence-corrected chi connectivity index (χ0v) is 16.0. The van der Waals surface area contributed by atoms with E-state index in [1.165, 1.54) is 25.2 Å². The van der Waals surface area contributed by atoms with Gasteiger partial charge in [-0.1, -0.05) is 11.6 Å². The molecule has 1 aliphatic rings. The van der Waals surface area contributed by atoms with Gasteiger partial charge in [-0.3, -0.25) is 9.78 Å². The molecule has 1 saturated carbocycles. The second-order valence-corrected chi connectivity index (χ2v) is 7.15. The Balaban J connectivity index is 0.000000192. The van der Waals surface area contributed by atoms with Crippen LogP contribution in [-0.4, -0.2) is 31.9 Å². The highest BCUT2D eigenvalue weighted by Crippen LogP contribution is 2.33. The van der Waals surface area contributed by atoms with Crippen LogP contribution < -0.4 is 5.73 Å². The van der Waals surface area contributed by atoms with E-state index in [4.69, 9.17) is 17.3 Å². The van der Waals surface area contributed by atoms with Crippen LogP contribution in [0.1, 0.15) is 34.8 Å². The van der Waals surface area contributed by atoms with Crippen LogP contribution in [0.3, 0.4) is 0 Å². The summed E-state index contributed by atoms with van der Waals surface area (Å²) in [5.41, 5.74) is 7.34. The first-order chi connectivity index (χ1) is 13.3. The first kappa shape index (κ1) is 20.1. The number of carbonyl (C=O) groups excluding carboxylic acids is 1. The lowest BCUT2D eigenvalue weighted by molar-refractivity contribution is 0.0995. The second kappa shape index (κ2) is 8.60. The molecular weight excluding hydrogens is 388 g/mol. The van der Waals surface area contributed by atoms with Gasteiger partial charge >= 0.3 is 0 Å². The van der Waals surface area contributed by atoms with Crippen molar-refractivity contribution < 1.29 is 13.6 Å². The quantitative estimate of drug-likeness (QED) is 0.697. The summed E-state index contributed by atoms with van der Waals surface area (Å²) in [5.74, 6) is 0.830. The van der Waals surface area contributed by atoms with Crippen LogP contribution in [0.25, 0.3) is 11.0 Å². The molecule has 1 amide bonds. The van der Waals surface area contributed by atoms with Crippen LogP contribution in [0.4, 0.5) is 8.78 Å². The third-order valence-corrected chi connectivity index (χ3v) is 4.55. The van der Waals surface area contributed by atoms with E-state index >= 15 is 0 Å². The van der Waals surface area contributed by atoms with Gasteiger partial charge in [0.05, 0.1) is 29.5 Å². The standard InChI is InChI=1S/C13H13ClF2N2.C6H7N3O/c14-9-3-4-11-10(6-9)17-13(5-8-1-2-8)18(11)7-12(15)16;1-4-2-9-5(3-8-4)6(7)10/h3-4,6,8,12H,1-2,5,7H2;2-3H,1H3,(H2,7,10). The third-order valence-electron chi connectivity index (χ3n) is 4.31. The lowest BCUT2D eigenvalue weighted by atomic mass is 10.3. The zero-order chi connectivity index (χ0) is 20.3. The molecule has 0 unspecified atom stereocenters. The van der Waals surface area contributed by atoms with Crippen molar-refractivity contribution in [2.24, 2.45) is 11.7 Å². The Bertz CT molecular complexity index is 970. The summed E-state index contributed by atoms with van der Waals surface area (Å²) in [6.07, 6.45) is 3.64. The van der Waals surface area contributed by atoms with Crippen molar-refractivity contribution in [3.05, 3.63) is 52.8 Å². The molecule has 2 aromatic heterocycles. The number of amides is 1. The summed E-state index contributed by atoms with van der Waals surface area (Å²) in [7, 11) is 0. The Labute approximate surface area is 165 Å². The topological polar surface area (TPSA) is 86.7 Å². The van der Waals surface area contributed by atoms with Crippen LogP contribution in [-0.2, 0) is 13.0 Å². The van der Waals surface area contributed by atoms with E-state index in [2.05, 4.69) is 15.0 Å². The van der Waals surface area contributed by atoms with E-state index in [1.807, 2.05) is 0 Å². The maximum Gasteiger partial charge on any atom is 0.268 e. The normalized spacial score (nSPS) is 13.5. The maximum atomic E-state index is 12.7. The van der Waals surface area contributed by atoms with Crippen LogP contribution in [0.15, 0.2) is 30.6 Å². The van der Waals surface area contributed by atoms with Gasteiger partial charge in [-0.2, -0.15) is 0 Å². The van der Waals surface area contributed by atoms with E-state index in [-0.39, 0.29) is 12.2 Å². The van der Waals surface area contributed by atoms with E-state index in [1.54, 1.807) is 29.7 Å². The minimum atomic E-state index is -2.36. The second-order valence-electron chi connectivity index (χ2n) is 6.72. The van der Waals surface area contributed by atoms with Crippen molar-refractivity contribution in [2.75, 3.05) is 0 Å². The molecule has 2 heterocycles. The van der Waals surface area contributed by atoms with Crippen molar-refractivity contribution in [1.29, 1.82) is 0 Å². The molecule has 0 aliphatic heterocycles. The fourth-order valence-electron chi connectivity index (χ4n) is 2.75. The predicted octanol–water partition coefficient (Wildman–Crippen LogP) is 3.79. The Morgan fingerprint density at radius 3 is 2.64 bits per heavy atom. The predicted molar refractivity (Wildman–Crippen MR) is 102 cm³/mol. The van der Waals surface area contributed by atoms with Gasteiger partial charge < -0.3 is 10.3 Å². The van der Waals surface area contributed by atoms with Crippen molar-refractivity contribution in [3.63, 3.8) is 0 Å². The summed E-state index contributed by atoms with van der Waals surface area (Å²) in [6, 6.07) is 5.22. The molecule has 0 saturated heterocycles. The molecule has 0 radical (unpaired) electrons. The van der Waals surface area contributed by atoms with Crippen LogP contribution in [0.2, 0.25) is 5.02 Å². The number of imidazole rings is 1. The van der Waals surface area contributed by atoms with Crippen LogP contribution >= 0.6 is 11.6 Å². The molecule has 1 fully saturated rings. The molecule has 148 valence electrons. The molecule has 28 heavy (non-hydrogen) atoms. The van der Waals surface area contributed by atoms with Crippen LogP contribution in [0, 0.1) is 12.8 Å². The Morgan fingerprint density at radius 2 is 2.07 bits per heavy atom. The minimum Gasteiger partial charge on any atom is -0.364 e. The van der Waals surface area contributed by atoms with E-state index in [9.17, 15) is 13.6 Å². The minimum absolute atomic E-state index is 0.200. The highest BCUT2D eigenvalue weighted by Gasteiger charge is 2.25. The zero-order valence-electron chi connectivity index (χ0n) is 15.3. The molecule has 4 rings (SSSR count). The number of aromatic nitrogens is 4. The van der Waals surface area contributed by atoms with Gasteiger partial charge in [0.1, 0.15) is 11.5 Å². The fraction of sp³-hybridized carbons (Fsp3) is 0.368. The molecule has 9 heteroatoms. The first-order valence-corrected chi connectivity index (χ1v) is 9.22. The molecule has 1 aromatic carbocycles. The van der Waals surface area contributed by atoms with Gasteiger partial charge in [0, 0.05) is 17.6 Å². The molecule has 3 aromatic rings. The Hall–Kier alpha value is -2.61. The van der Waals surface area contributed by atoms with E-state index in [0.29, 0.717) is 16.5 Å². The molecule has 0 spiro atoms. The van der Waals surface area contributed by atoms with Gasteiger partial charge in [0.25, 0.3) is 12.3 Å². The third kappa shape index (κ3) is 5.22. The van der Waals surface area contributed by atoms with Gasteiger partial charge in [0.2, 0.25) is 0 Å². The van der Waals surface area contributed by atoms with Crippen molar-refractivity contribution in [3.8, 4) is 0 Å². The summed E-state index contributed by atoms with van der Waals surface area (Å²) in [4.78, 5) is 22.5. The summed E-state index contributed by atoms with van der Waals surface area (Å²) < 4.78 is 27.0. The lowest BCUT2D eigenvalue weighted by Crippen LogP contribution is -2.13. The fourth-order valence-corrected chi connectivity index (χ4v) is 2.92. The number of hydrogen-bond acceptors (Lipinski definition) is 4. The average molecular weight is 408 g/mol. The number of benzene rings is 1. The number of halogens is 3. The van der Waals surface area contributed by atoms with Crippen molar-refractivity contribution >= 4 is 28.5 Å². The smallest absolute Gasteiger partial charge is 0.268 e. The number of fused-ring (bicyclic) bond motifs is 1. The largest absolute Gasteiger partial charge is 0.364 e. The van der Waals surface area contributed by atoms with Gasteiger partial charge in [-0.25, -0.2) is 18.7 Å². The summed E-state index contributed by atoms with van der Waals surface area (Å²) in [6.45, 7) is 1.50. The highest BCUT2D eigenvalue weighted by atomic mass is 35.5. The number of alkyl halides is 2. The highest BCUT2D eigenvalue weighted by molar-refractivity contribution is 6.31. The summed E-state index contributed by atoms with van der Waals surface area (Å²) >= 11 is 5.91. The number of rotatable bonds is 5. The molecule has 2 N–H and O–H groups in total. The number of nitrogens with zero attached hydrogens (tertiary/aromatic N) is 4. The number of nitrogens with two attached hydrogens (primary N) is 1. The SMILES string of the molecule is Cc1cnc(C(N)=O)cn1.FC(F)Cn1c(CC2CC2)nc2cc(Cl)ccc21. The van der Waals surface area contributed by atoms with Crippen molar-refractivity contribution in [1.82, 2.24) is 19.5 Å². The Kier molecular flexibility index (Phi) is 6.18. The van der Waals surface area contributed by atoms with Gasteiger partial charge in [-0.15, -0.1) is 0 Å².